The molecule has 0 aromatic heterocycles. The van der Waals surface area contributed by atoms with Crippen LogP contribution < -0.4 is 0 Å². The van der Waals surface area contributed by atoms with E-state index in [9.17, 15) is 0 Å². The van der Waals surface area contributed by atoms with Crippen LogP contribution >= 0.6 is 45.8 Å². The lowest BCUT2D eigenvalue weighted by atomic mass is 10.1. The number of halogens is 3. The van der Waals surface area contributed by atoms with E-state index in [1.165, 1.54) is 35.7 Å². The molecule has 84 valence electrons. The van der Waals surface area contributed by atoms with Gasteiger partial charge in [-0.3, -0.25) is 0 Å². The third kappa shape index (κ3) is 5.41. The minimum atomic E-state index is 0.716. The molecule has 0 radical (unpaired) electrons. The highest BCUT2D eigenvalue weighted by molar-refractivity contribution is 14.1. The van der Waals surface area contributed by atoms with Gasteiger partial charge >= 0.3 is 0 Å². The van der Waals surface area contributed by atoms with Gasteiger partial charge in [0.05, 0.1) is 0 Å². The Balaban J connectivity index is 2.31. The number of aryl methyl sites for hydroxylation is 1. The molecule has 0 unspecified atom stereocenters. The molecule has 0 nitrogen and oxygen atoms in total. The van der Waals surface area contributed by atoms with Crippen LogP contribution in [0, 0.1) is 0 Å². The van der Waals surface area contributed by atoms with Crippen LogP contribution in [0.3, 0.4) is 0 Å². The predicted octanol–water partition coefficient (Wildman–Crippen LogP) is 5.53. The largest absolute Gasteiger partial charge is 0.0864 e. The summed E-state index contributed by atoms with van der Waals surface area (Å²) < 4.78 is 1.26. The maximum atomic E-state index is 6.08. The molecule has 0 amide bonds. The molecule has 0 spiro atoms. The molecular weight excluding hydrogens is 342 g/mol. The first kappa shape index (κ1) is 13.6. The Morgan fingerprint density at radius 3 is 2.40 bits per heavy atom. The van der Waals surface area contributed by atoms with Gasteiger partial charge in [0.2, 0.25) is 0 Å². The van der Waals surface area contributed by atoms with Crippen LogP contribution in [-0.4, -0.2) is 4.43 Å². The Kier molecular flexibility index (Phi) is 7.02. The van der Waals surface area contributed by atoms with Crippen LogP contribution in [0.4, 0.5) is 0 Å². The monoisotopic (exact) mass is 356 g/mol. The second kappa shape index (κ2) is 7.75. The van der Waals surface area contributed by atoms with Crippen molar-refractivity contribution in [2.24, 2.45) is 0 Å². The van der Waals surface area contributed by atoms with Crippen molar-refractivity contribution in [3.05, 3.63) is 33.8 Å². The molecule has 0 aliphatic rings. The minimum absolute atomic E-state index is 0.716. The van der Waals surface area contributed by atoms with Crippen LogP contribution in [0.2, 0.25) is 10.0 Å². The predicted molar refractivity (Wildman–Crippen MR) is 77.5 cm³/mol. The molecule has 0 fully saturated rings. The zero-order chi connectivity index (χ0) is 11.1. The van der Waals surface area contributed by atoms with E-state index in [-0.39, 0.29) is 0 Å². The molecule has 1 aromatic rings. The Morgan fingerprint density at radius 1 is 1.00 bits per heavy atom. The Labute approximate surface area is 115 Å². The summed E-state index contributed by atoms with van der Waals surface area (Å²) in [5, 5.41) is 1.52. The summed E-state index contributed by atoms with van der Waals surface area (Å²) in [4.78, 5) is 0. The van der Waals surface area contributed by atoms with Gasteiger partial charge in [-0.2, -0.15) is 0 Å². The van der Waals surface area contributed by atoms with Gasteiger partial charge in [-0.1, -0.05) is 64.7 Å². The molecule has 1 rings (SSSR count). The van der Waals surface area contributed by atoms with Crippen molar-refractivity contribution in [2.75, 3.05) is 4.43 Å². The average molecular weight is 357 g/mol. The second-order valence-corrected chi connectivity index (χ2v) is 5.51. The first-order valence-electron chi connectivity index (χ1n) is 5.24. The molecule has 0 atom stereocenters. The lowest BCUT2D eigenvalue weighted by Crippen LogP contribution is -1.87. The van der Waals surface area contributed by atoms with Gasteiger partial charge in [-0.05, 0) is 41.4 Å². The molecule has 0 saturated heterocycles. The van der Waals surface area contributed by atoms with Crippen molar-refractivity contribution < 1.29 is 0 Å². The first-order chi connectivity index (χ1) is 7.24. The molecule has 0 aliphatic heterocycles. The van der Waals surface area contributed by atoms with Crippen molar-refractivity contribution in [1.29, 1.82) is 0 Å². The molecule has 3 heteroatoms. The van der Waals surface area contributed by atoms with Crippen molar-refractivity contribution in [3.63, 3.8) is 0 Å². The van der Waals surface area contributed by atoms with Crippen LogP contribution in [-0.2, 0) is 6.42 Å². The van der Waals surface area contributed by atoms with Gasteiger partial charge < -0.3 is 0 Å². The third-order valence-electron chi connectivity index (χ3n) is 2.34. The maximum absolute atomic E-state index is 6.08. The summed E-state index contributed by atoms with van der Waals surface area (Å²) in [6.45, 7) is 0. The molecule has 0 bridgehead atoms. The van der Waals surface area contributed by atoms with Crippen molar-refractivity contribution in [2.45, 2.75) is 32.1 Å². The van der Waals surface area contributed by atoms with Gasteiger partial charge in [-0.15, -0.1) is 0 Å². The minimum Gasteiger partial charge on any atom is -0.0864 e. The third-order valence-corrected chi connectivity index (χ3v) is 3.69. The summed E-state index contributed by atoms with van der Waals surface area (Å²) in [6.07, 6.45) is 6.24. The van der Waals surface area contributed by atoms with Crippen LogP contribution in [0.25, 0.3) is 0 Å². The fourth-order valence-electron chi connectivity index (χ4n) is 1.49. The first-order valence-corrected chi connectivity index (χ1v) is 7.52. The van der Waals surface area contributed by atoms with E-state index < -0.39 is 0 Å². The molecular formula is C12H15Cl2I. The normalized spacial score (nSPS) is 10.6. The summed E-state index contributed by atoms with van der Waals surface area (Å²) in [7, 11) is 0. The fourth-order valence-corrected chi connectivity index (χ4v) is 2.53. The Bertz CT molecular complexity index is 300. The lowest BCUT2D eigenvalue weighted by molar-refractivity contribution is 0.673. The van der Waals surface area contributed by atoms with Gasteiger partial charge in [0.25, 0.3) is 0 Å². The average Bonchev–Trinajstić information content (AvgIpc) is 2.20. The maximum Gasteiger partial charge on any atom is 0.0452 e. The van der Waals surface area contributed by atoms with Crippen molar-refractivity contribution in [1.82, 2.24) is 0 Å². The zero-order valence-corrected chi connectivity index (χ0v) is 12.3. The molecule has 15 heavy (non-hydrogen) atoms. The second-order valence-electron chi connectivity index (χ2n) is 3.59. The van der Waals surface area contributed by atoms with Gasteiger partial charge in [0.1, 0.15) is 0 Å². The number of unbranched alkanes of at least 4 members (excludes halogenated alkanes) is 3. The summed E-state index contributed by atoms with van der Waals surface area (Å²) in [5.41, 5.74) is 1.22. The topological polar surface area (TPSA) is 0 Å². The van der Waals surface area contributed by atoms with Gasteiger partial charge in [-0.25, -0.2) is 0 Å². The van der Waals surface area contributed by atoms with Crippen molar-refractivity contribution in [3.8, 4) is 0 Å². The van der Waals surface area contributed by atoms with E-state index in [4.69, 9.17) is 23.2 Å². The Hall–Kier alpha value is 0.530. The highest BCUT2D eigenvalue weighted by Gasteiger charge is 2.00. The van der Waals surface area contributed by atoms with Crippen LogP contribution in [0.15, 0.2) is 18.2 Å². The summed E-state index contributed by atoms with van der Waals surface area (Å²) >= 11 is 14.3. The number of hydrogen-bond acceptors (Lipinski definition) is 0. The highest BCUT2D eigenvalue weighted by atomic mass is 127. The zero-order valence-electron chi connectivity index (χ0n) is 8.61. The summed E-state index contributed by atoms with van der Waals surface area (Å²) in [6, 6.07) is 5.76. The lowest BCUT2D eigenvalue weighted by Gasteiger charge is -2.04. The van der Waals surface area contributed by atoms with Crippen LogP contribution in [0.1, 0.15) is 31.2 Å². The van der Waals surface area contributed by atoms with Crippen LogP contribution in [0.5, 0.6) is 0 Å². The van der Waals surface area contributed by atoms with E-state index in [1.54, 1.807) is 0 Å². The van der Waals surface area contributed by atoms with Gasteiger partial charge in [0, 0.05) is 10.0 Å². The fraction of sp³-hybridized carbons (Fsp3) is 0.500. The molecule has 0 aliphatic carbocycles. The van der Waals surface area contributed by atoms with E-state index in [2.05, 4.69) is 22.6 Å². The van der Waals surface area contributed by atoms with E-state index in [0.717, 1.165) is 11.4 Å². The van der Waals surface area contributed by atoms with E-state index in [0.29, 0.717) is 5.02 Å². The molecule has 0 heterocycles. The number of rotatable bonds is 6. The quantitative estimate of drug-likeness (QED) is 0.357. The molecule has 1 aromatic carbocycles. The van der Waals surface area contributed by atoms with Gasteiger partial charge in [0.15, 0.2) is 0 Å². The Morgan fingerprint density at radius 2 is 1.73 bits per heavy atom. The number of benzene rings is 1. The van der Waals surface area contributed by atoms with E-state index in [1.807, 2.05) is 18.2 Å². The summed E-state index contributed by atoms with van der Waals surface area (Å²) in [5.74, 6) is 0. The number of hydrogen-bond donors (Lipinski definition) is 0. The van der Waals surface area contributed by atoms with Crippen molar-refractivity contribution >= 4 is 45.8 Å². The number of alkyl halides is 1. The highest BCUT2D eigenvalue weighted by Crippen LogP contribution is 2.22. The molecule has 0 saturated carbocycles. The smallest absolute Gasteiger partial charge is 0.0452 e. The standard InChI is InChI=1S/C12H15Cl2I/c13-11-7-6-10(12(14)9-11)5-3-1-2-4-8-15/h6-7,9H,1-5,8H2. The SMILES string of the molecule is Clc1ccc(CCCCCCI)c(Cl)c1. The molecule has 0 N–H and O–H groups in total. The van der Waals surface area contributed by atoms with E-state index >= 15 is 0 Å².